The Hall–Kier alpha value is -0.410. The van der Waals surface area contributed by atoms with Crippen LogP contribution in [0.15, 0.2) is 0 Å². The first-order valence-electron chi connectivity index (χ1n) is 3.33. The van der Waals surface area contributed by atoms with Crippen LogP contribution in [0.1, 0.15) is 13.3 Å². The molecule has 0 aromatic carbocycles. The molecule has 0 amide bonds. The minimum Gasteiger partial charge on any atom is -0.359 e. The molecule has 0 unspecified atom stereocenters. The molecule has 0 saturated heterocycles. The number of hydrogen-bond donors (Lipinski definition) is 0. The summed E-state index contributed by atoms with van der Waals surface area (Å²) < 4.78 is 9.62. The van der Waals surface area contributed by atoms with Gasteiger partial charge in [-0.2, -0.15) is 0 Å². The van der Waals surface area contributed by atoms with Gasteiger partial charge in [-0.3, -0.25) is 0 Å². The maximum atomic E-state index is 10.1. The van der Waals surface area contributed by atoms with E-state index in [-0.39, 0.29) is 5.92 Å². The number of carbonyl (C=O) groups excluding carboxylic acids is 1. The lowest BCUT2D eigenvalue weighted by Crippen LogP contribution is -2.04. The van der Waals surface area contributed by atoms with E-state index in [4.69, 9.17) is 4.74 Å². The highest BCUT2D eigenvalue weighted by molar-refractivity contribution is 5.52. The Bertz CT molecular complexity index is 82.9. The minimum absolute atomic E-state index is 0.0943. The molecule has 0 aliphatic rings. The first-order valence-corrected chi connectivity index (χ1v) is 3.33. The Balaban J connectivity index is 2.95. The topological polar surface area (TPSA) is 35.5 Å². The first kappa shape index (κ1) is 9.59. The Morgan fingerprint density at radius 3 is 2.80 bits per heavy atom. The Morgan fingerprint density at radius 1 is 1.60 bits per heavy atom. The quantitative estimate of drug-likeness (QED) is 0.316. The van der Waals surface area contributed by atoms with E-state index in [1.807, 2.05) is 6.92 Å². The predicted molar refractivity (Wildman–Crippen MR) is 37.7 cm³/mol. The zero-order valence-corrected chi connectivity index (χ0v) is 6.50. The van der Waals surface area contributed by atoms with Gasteiger partial charge in [-0.15, -0.1) is 0 Å². The van der Waals surface area contributed by atoms with Gasteiger partial charge >= 0.3 is 0 Å². The first-order chi connectivity index (χ1) is 4.81. The van der Waals surface area contributed by atoms with Crippen molar-refractivity contribution in [3.63, 3.8) is 0 Å². The highest BCUT2D eigenvalue weighted by Gasteiger charge is 1.97. The monoisotopic (exact) mass is 146 g/mol. The third kappa shape index (κ3) is 5.72. The van der Waals surface area contributed by atoms with Crippen LogP contribution in [-0.2, 0) is 14.3 Å². The summed E-state index contributed by atoms with van der Waals surface area (Å²) in [6.45, 7) is 2.77. The molecule has 3 nitrogen and oxygen atoms in total. The molecule has 0 fully saturated rings. The lowest BCUT2D eigenvalue weighted by Gasteiger charge is -2.03. The van der Waals surface area contributed by atoms with E-state index in [9.17, 15) is 4.79 Å². The number of rotatable bonds is 6. The van der Waals surface area contributed by atoms with Gasteiger partial charge in [0.2, 0.25) is 0 Å². The summed E-state index contributed by atoms with van der Waals surface area (Å²) in [7, 11) is 1.57. The number of hydrogen-bond acceptors (Lipinski definition) is 3. The SMILES string of the molecule is COCOCC[C@H](C)C=O. The van der Waals surface area contributed by atoms with Crippen molar-refractivity contribution in [1.82, 2.24) is 0 Å². The standard InChI is InChI=1S/C7H14O3/c1-7(5-8)3-4-10-6-9-2/h5,7H,3-4,6H2,1-2H3/t7-/m0/s1. The number of aldehydes is 1. The summed E-state index contributed by atoms with van der Waals surface area (Å²) in [6.07, 6.45) is 1.70. The van der Waals surface area contributed by atoms with Crippen LogP contribution in [0.3, 0.4) is 0 Å². The molecule has 0 rings (SSSR count). The fourth-order valence-electron chi connectivity index (χ4n) is 0.480. The van der Waals surface area contributed by atoms with Gasteiger partial charge in [-0.1, -0.05) is 6.92 Å². The largest absolute Gasteiger partial charge is 0.359 e. The van der Waals surface area contributed by atoms with Crippen LogP contribution in [0.2, 0.25) is 0 Å². The van der Waals surface area contributed by atoms with Crippen LogP contribution in [0, 0.1) is 5.92 Å². The van der Waals surface area contributed by atoms with Crippen molar-refractivity contribution >= 4 is 6.29 Å². The molecule has 0 heterocycles. The number of methoxy groups -OCH3 is 1. The average Bonchev–Trinajstić information content (AvgIpc) is 1.98. The van der Waals surface area contributed by atoms with E-state index < -0.39 is 0 Å². The van der Waals surface area contributed by atoms with Crippen LogP contribution in [0.4, 0.5) is 0 Å². The number of ether oxygens (including phenoxy) is 2. The lowest BCUT2D eigenvalue weighted by atomic mass is 10.1. The second kappa shape index (κ2) is 6.71. The molecule has 0 aromatic heterocycles. The van der Waals surface area contributed by atoms with E-state index in [1.54, 1.807) is 7.11 Å². The maximum absolute atomic E-state index is 10.1. The van der Waals surface area contributed by atoms with Crippen molar-refractivity contribution in [2.24, 2.45) is 5.92 Å². The third-order valence-electron chi connectivity index (χ3n) is 1.15. The Kier molecular flexibility index (Phi) is 6.43. The molecule has 3 heteroatoms. The normalized spacial score (nSPS) is 13.0. The maximum Gasteiger partial charge on any atom is 0.146 e. The van der Waals surface area contributed by atoms with E-state index >= 15 is 0 Å². The molecule has 0 saturated carbocycles. The predicted octanol–water partition coefficient (Wildman–Crippen LogP) is 0.832. The summed E-state index contributed by atoms with van der Waals surface area (Å²) in [5.41, 5.74) is 0. The van der Waals surface area contributed by atoms with Crippen LogP contribution >= 0.6 is 0 Å². The summed E-state index contributed by atoms with van der Waals surface area (Å²) in [5.74, 6) is 0.0943. The highest BCUT2D eigenvalue weighted by atomic mass is 16.7. The molecule has 1 atom stereocenters. The summed E-state index contributed by atoms with van der Waals surface area (Å²) in [5, 5.41) is 0. The fourth-order valence-corrected chi connectivity index (χ4v) is 0.480. The Morgan fingerprint density at radius 2 is 2.30 bits per heavy atom. The van der Waals surface area contributed by atoms with E-state index in [2.05, 4.69) is 4.74 Å². The molecule has 0 radical (unpaired) electrons. The second-order valence-corrected chi connectivity index (χ2v) is 2.22. The van der Waals surface area contributed by atoms with Crippen LogP contribution in [0.5, 0.6) is 0 Å². The van der Waals surface area contributed by atoms with Crippen molar-refractivity contribution in [2.75, 3.05) is 20.5 Å². The van der Waals surface area contributed by atoms with Crippen molar-refractivity contribution in [3.8, 4) is 0 Å². The van der Waals surface area contributed by atoms with Gasteiger partial charge in [0, 0.05) is 13.0 Å². The zero-order chi connectivity index (χ0) is 7.82. The summed E-state index contributed by atoms with van der Waals surface area (Å²) in [4.78, 5) is 10.1. The van der Waals surface area contributed by atoms with E-state index in [1.165, 1.54) is 0 Å². The summed E-state index contributed by atoms with van der Waals surface area (Å²) >= 11 is 0. The van der Waals surface area contributed by atoms with Crippen molar-refractivity contribution in [2.45, 2.75) is 13.3 Å². The van der Waals surface area contributed by atoms with Gasteiger partial charge in [0.15, 0.2) is 0 Å². The Labute approximate surface area is 61.3 Å². The van der Waals surface area contributed by atoms with Gasteiger partial charge in [0.05, 0.1) is 6.61 Å². The molecular weight excluding hydrogens is 132 g/mol. The van der Waals surface area contributed by atoms with Crippen LogP contribution < -0.4 is 0 Å². The highest BCUT2D eigenvalue weighted by Crippen LogP contribution is 1.96. The van der Waals surface area contributed by atoms with Crippen molar-refractivity contribution < 1.29 is 14.3 Å². The van der Waals surface area contributed by atoms with E-state index in [0.717, 1.165) is 12.7 Å². The number of carbonyl (C=O) groups is 1. The molecule has 0 aliphatic heterocycles. The minimum atomic E-state index is 0.0943. The van der Waals surface area contributed by atoms with Crippen molar-refractivity contribution in [3.05, 3.63) is 0 Å². The van der Waals surface area contributed by atoms with Crippen LogP contribution in [0.25, 0.3) is 0 Å². The van der Waals surface area contributed by atoms with E-state index in [0.29, 0.717) is 13.4 Å². The molecule has 10 heavy (non-hydrogen) atoms. The van der Waals surface area contributed by atoms with Gasteiger partial charge < -0.3 is 14.3 Å². The third-order valence-corrected chi connectivity index (χ3v) is 1.15. The van der Waals surface area contributed by atoms with Gasteiger partial charge in [0.1, 0.15) is 13.1 Å². The lowest BCUT2D eigenvalue weighted by molar-refractivity contribution is -0.111. The molecule has 0 aliphatic carbocycles. The van der Waals surface area contributed by atoms with Crippen molar-refractivity contribution in [1.29, 1.82) is 0 Å². The van der Waals surface area contributed by atoms with Gasteiger partial charge in [-0.05, 0) is 6.42 Å². The fraction of sp³-hybridized carbons (Fsp3) is 0.857. The molecule has 0 aromatic rings. The van der Waals surface area contributed by atoms with Crippen LogP contribution in [-0.4, -0.2) is 26.8 Å². The zero-order valence-electron chi connectivity index (χ0n) is 6.50. The molecule has 60 valence electrons. The van der Waals surface area contributed by atoms with Gasteiger partial charge in [0.25, 0.3) is 0 Å². The second-order valence-electron chi connectivity index (χ2n) is 2.22. The molecule has 0 bridgehead atoms. The molecule has 0 spiro atoms. The van der Waals surface area contributed by atoms with Gasteiger partial charge in [-0.25, -0.2) is 0 Å². The smallest absolute Gasteiger partial charge is 0.146 e. The average molecular weight is 146 g/mol. The molecular formula is C7H14O3. The summed E-state index contributed by atoms with van der Waals surface area (Å²) in [6, 6.07) is 0. The molecule has 0 N–H and O–H groups in total.